The van der Waals surface area contributed by atoms with Gasteiger partial charge in [0, 0.05) is 12.4 Å². The number of sulfonamides is 1. The van der Waals surface area contributed by atoms with Gasteiger partial charge in [0.25, 0.3) is 10.0 Å². The molecule has 0 saturated heterocycles. The van der Waals surface area contributed by atoms with Gasteiger partial charge in [0.05, 0.1) is 7.11 Å². The molecule has 0 spiro atoms. The van der Waals surface area contributed by atoms with E-state index >= 15 is 0 Å². The van der Waals surface area contributed by atoms with Gasteiger partial charge in [-0.1, -0.05) is 12.1 Å². The first kappa shape index (κ1) is 20.9. The van der Waals surface area contributed by atoms with Crippen LogP contribution < -0.4 is 19.5 Å². The molecule has 2 heterocycles. The second kappa shape index (κ2) is 9.13. The van der Waals surface area contributed by atoms with Crippen LogP contribution in [0.5, 0.6) is 11.8 Å². The number of hydrogen-bond donors (Lipinski definition) is 2. The lowest BCUT2D eigenvalue weighted by Gasteiger charge is -2.13. The summed E-state index contributed by atoms with van der Waals surface area (Å²) >= 11 is 0. The zero-order valence-electron chi connectivity index (χ0n) is 16.1. The molecule has 11 nitrogen and oxygen atoms in total. The lowest BCUT2D eigenvalue weighted by Crippen LogP contribution is -2.35. The molecule has 0 aliphatic carbocycles. The van der Waals surface area contributed by atoms with E-state index in [-0.39, 0.29) is 35.0 Å². The van der Waals surface area contributed by atoms with Gasteiger partial charge in [0.15, 0.2) is 0 Å². The first-order valence-electron chi connectivity index (χ1n) is 8.58. The molecule has 0 saturated carbocycles. The van der Waals surface area contributed by atoms with Gasteiger partial charge in [-0.15, -0.1) is 0 Å². The summed E-state index contributed by atoms with van der Waals surface area (Å²) in [6.45, 7) is 1.70. The van der Waals surface area contributed by atoms with E-state index in [4.69, 9.17) is 9.47 Å². The smallest absolute Gasteiger partial charge is 0.335 e. The fourth-order valence-electron chi connectivity index (χ4n) is 2.34. The fraction of sp³-hybridized carbons (Fsp3) is 0.167. The Labute approximate surface area is 172 Å². The van der Waals surface area contributed by atoms with Crippen LogP contribution >= 0.6 is 0 Å². The molecule has 2 amide bonds. The van der Waals surface area contributed by atoms with Gasteiger partial charge < -0.3 is 9.47 Å². The highest BCUT2D eigenvalue weighted by Gasteiger charge is 2.23. The molecule has 2 N–H and O–H groups in total. The molecule has 156 valence electrons. The molecule has 0 fully saturated rings. The minimum atomic E-state index is -4.24. The summed E-state index contributed by atoms with van der Waals surface area (Å²) in [4.78, 5) is 27.6. The van der Waals surface area contributed by atoms with Crippen molar-refractivity contribution in [3.8, 4) is 11.8 Å². The minimum Gasteiger partial charge on any atom is -0.487 e. The highest BCUT2D eigenvalue weighted by Crippen LogP contribution is 2.24. The van der Waals surface area contributed by atoms with Gasteiger partial charge in [-0.2, -0.15) is 15.0 Å². The number of nitrogens with zero attached hydrogens (tertiary/aromatic N) is 4. The number of carbonyl (C=O) groups excluding carboxylic acids is 1. The van der Waals surface area contributed by atoms with Crippen LogP contribution in [0.25, 0.3) is 0 Å². The van der Waals surface area contributed by atoms with Gasteiger partial charge in [0.2, 0.25) is 5.95 Å². The number of benzene rings is 1. The Morgan fingerprint density at radius 2 is 1.80 bits per heavy atom. The maximum absolute atomic E-state index is 12.7. The number of anilines is 1. The van der Waals surface area contributed by atoms with Crippen molar-refractivity contribution in [2.75, 3.05) is 12.4 Å². The largest absolute Gasteiger partial charge is 0.487 e. The molecule has 0 atom stereocenters. The number of aromatic nitrogens is 4. The molecule has 0 bridgehead atoms. The lowest BCUT2D eigenvalue weighted by molar-refractivity contribution is 0.256. The van der Waals surface area contributed by atoms with E-state index in [2.05, 4.69) is 25.3 Å². The van der Waals surface area contributed by atoms with E-state index in [0.29, 0.717) is 0 Å². The molecular weight excluding hydrogens is 412 g/mol. The Balaban J connectivity index is 1.74. The van der Waals surface area contributed by atoms with Crippen LogP contribution in [0.4, 0.5) is 10.7 Å². The van der Waals surface area contributed by atoms with Crippen LogP contribution in [0.2, 0.25) is 0 Å². The Morgan fingerprint density at radius 1 is 1.07 bits per heavy atom. The van der Waals surface area contributed by atoms with Crippen molar-refractivity contribution in [3.63, 3.8) is 0 Å². The van der Waals surface area contributed by atoms with E-state index in [1.807, 2.05) is 4.72 Å². The van der Waals surface area contributed by atoms with E-state index < -0.39 is 16.1 Å². The fourth-order valence-corrected chi connectivity index (χ4v) is 3.39. The summed E-state index contributed by atoms with van der Waals surface area (Å²) in [6.07, 6.45) is 3.20. The first-order chi connectivity index (χ1) is 14.4. The number of hydrogen-bond acceptors (Lipinski definition) is 9. The summed E-state index contributed by atoms with van der Waals surface area (Å²) in [7, 11) is -2.89. The number of para-hydroxylation sites is 1. The van der Waals surface area contributed by atoms with Crippen molar-refractivity contribution in [2.24, 2.45) is 0 Å². The highest BCUT2D eigenvalue weighted by atomic mass is 32.2. The number of carbonyl (C=O) groups is 1. The summed E-state index contributed by atoms with van der Waals surface area (Å²) in [5, 5.41) is 2.24. The topological polar surface area (TPSA) is 145 Å². The number of ether oxygens (including phenoxy) is 2. The minimum absolute atomic E-state index is 0.0180. The molecular formula is C18H18N6O5S. The summed E-state index contributed by atoms with van der Waals surface area (Å²) in [5.74, 6) is 0.219. The molecule has 1 aromatic carbocycles. The standard InChI is InChI=1S/C18H18N6O5S/c1-12-20-16(23-18(21-12)28-2)22-17(25)24-30(26,27)15-6-4-3-5-14(15)29-11-13-7-9-19-10-8-13/h3-10H,11H2,1-2H3,(H2,20,21,22,23,24,25). The summed E-state index contributed by atoms with van der Waals surface area (Å²) in [6, 6.07) is 8.39. The van der Waals surface area contributed by atoms with E-state index in [1.54, 1.807) is 37.5 Å². The van der Waals surface area contributed by atoms with Crippen molar-refractivity contribution in [2.45, 2.75) is 18.4 Å². The number of aryl methyl sites for hydroxylation is 1. The average molecular weight is 430 g/mol. The Morgan fingerprint density at radius 3 is 2.53 bits per heavy atom. The van der Waals surface area contributed by atoms with Crippen molar-refractivity contribution >= 4 is 22.0 Å². The Hall–Kier alpha value is -3.80. The van der Waals surface area contributed by atoms with Crippen LogP contribution in [-0.2, 0) is 16.6 Å². The van der Waals surface area contributed by atoms with E-state index in [0.717, 1.165) is 5.56 Å². The average Bonchev–Trinajstić information content (AvgIpc) is 2.72. The molecule has 2 aromatic heterocycles. The molecule has 30 heavy (non-hydrogen) atoms. The van der Waals surface area contributed by atoms with Crippen LogP contribution in [0.15, 0.2) is 53.7 Å². The molecule has 0 unspecified atom stereocenters. The maximum atomic E-state index is 12.7. The first-order valence-corrected chi connectivity index (χ1v) is 10.1. The van der Waals surface area contributed by atoms with Crippen molar-refractivity contribution in [1.29, 1.82) is 0 Å². The monoisotopic (exact) mass is 430 g/mol. The molecule has 0 aliphatic heterocycles. The number of amides is 2. The van der Waals surface area contributed by atoms with Gasteiger partial charge in [0.1, 0.15) is 23.1 Å². The normalized spacial score (nSPS) is 10.9. The van der Waals surface area contributed by atoms with Gasteiger partial charge in [-0.05, 0) is 36.8 Å². The van der Waals surface area contributed by atoms with Crippen LogP contribution in [0.3, 0.4) is 0 Å². The molecule has 0 aliphatic rings. The number of nitrogens with one attached hydrogen (secondary N) is 2. The number of rotatable bonds is 7. The SMILES string of the molecule is COc1nc(C)nc(NC(=O)NS(=O)(=O)c2ccccc2OCc2ccncc2)n1. The van der Waals surface area contributed by atoms with Gasteiger partial charge in [-0.25, -0.2) is 17.9 Å². The molecule has 3 aromatic rings. The molecule has 12 heteroatoms. The molecule has 0 radical (unpaired) electrons. The lowest BCUT2D eigenvalue weighted by atomic mass is 10.3. The van der Waals surface area contributed by atoms with E-state index in [9.17, 15) is 13.2 Å². The summed E-state index contributed by atoms with van der Waals surface area (Å²) in [5.41, 5.74) is 0.807. The van der Waals surface area contributed by atoms with Crippen LogP contribution in [0, 0.1) is 6.92 Å². The summed E-state index contributed by atoms with van der Waals surface area (Å²) < 4.78 is 37.9. The number of urea groups is 1. The third kappa shape index (κ3) is 5.38. The predicted octanol–water partition coefficient (Wildman–Crippen LogP) is 1.67. The van der Waals surface area contributed by atoms with Gasteiger partial charge >= 0.3 is 12.0 Å². The number of pyridine rings is 1. The second-order valence-corrected chi connectivity index (χ2v) is 7.49. The van der Waals surface area contributed by atoms with Crippen molar-refractivity contribution < 1.29 is 22.7 Å². The maximum Gasteiger partial charge on any atom is 0.335 e. The molecule has 3 rings (SSSR count). The quantitative estimate of drug-likeness (QED) is 0.571. The predicted molar refractivity (Wildman–Crippen MR) is 105 cm³/mol. The number of methoxy groups -OCH3 is 1. The zero-order chi connectivity index (χ0) is 21.6. The van der Waals surface area contributed by atoms with E-state index in [1.165, 1.54) is 25.3 Å². The third-order valence-electron chi connectivity index (χ3n) is 3.64. The van der Waals surface area contributed by atoms with Crippen molar-refractivity contribution in [3.05, 3.63) is 60.2 Å². The van der Waals surface area contributed by atoms with Crippen molar-refractivity contribution in [1.82, 2.24) is 24.7 Å². The van der Waals surface area contributed by atoms with Gasteiger partial charge in [-0.3, -0.25) is 10.3 Å². The Bertz CT molecular complexity index is 1140. The second-order valence-electron chi connectivity index (χ2n) is 5.84. The highest BCUT2D eigenvalue weighted by molar-refractivity contribution is 7.90. The van der Waals surface area contributed by atoms with Crippen LogP contribution in [-0.4, -0.2) is 41.5 Å². The zero-order valence-corrected chi connectivity index (χ0v) is 16.9. The third-order valence-corrected chi connectivity index (χ3v) is 5.01. The Kier molecular flexibility index (Phi) is 6.37. The van der Waals surface area contributed by atoms with Crippen LogP contribution in [0.1, 0.15) is 11.4 Å².